The molecule has 4 rings (SSSR count). The van der Waals surface area contributed by atoms with Crippen LogP contribution in [0.1, 0.15) is 5.56 Å². The second-order valence-corrected chi connectivity index (χ2v) is 5.46. The molecule has 0 aliphatic rings. The van der Waals surface area contributed by atoms with E-state index in [1.165, 1.54) is 0 Å². The SMILES string of the molecule is [CH2]c1ccc(-c2cnc(N)c(-c3nnc(-c4ccccc4)o3)n2)cc1. The zero-order valence-corrected chi connectivity index (χ0v) is 13.3. The first kappa shape index (κ1) is 15.0. The van der Waals surface area contributed by atoms with Gasteiger partial charge in [0.2, 0.25) is 5.89 Å². The number of hydrogen-bond acceptors (Lipinski definition) is 6. The van der Waals surface area contributed by atoms with E-state index in [-0.39, 0.29) is 11.7 Å². The van der Waals surface area contributed by atoms with E-state index in [2.05, 4.69) is 27.1 Å². The van der Waals surface area contributed by atoms with Crippen LogP contribution in [0.2, 0.25) is 0 Å². The van der Waals surface area contributed by atoms with Crippen LogP contribution in [-0.2, 0) is 0 Å². The Bertz CT molecular complexity index is 1010. The van der Waals surface area contributed by atoms with Gasteiger partial charge in [-0.05, 0) is 24.6 Å². The van der Waals surface area contributed by atoms with E-state index in [1.54, 1.807) is 6.20 Å². The topological polar surface area (TPSA) is 90.7 Å². The average Bonchev–Trinajstić information content (AvgIpc) is 3.14. The van der Waals surface area contributed by atoms with Crippen molar-refractivity contribution in [3.05, 3.63) is 73.3 Å². The number of nitrogens with two attached hydrogens (primary N) is 1. The van der Waals surface area contributed by atoms with Crippen molar-refractivity contribution in [3.8, 4) is 34.3 Å². The summed E-state index contributed by atoms with van der Waals surface area (Å²) in [6.45, 7) is 3.88. The first-order chi connectivity index (χ1) is 12.2. The molecule has 2 N–H and O–H groups in total. The number of benzene rings is 2. The van der Waals surface area contributed by atoms with Crippen LogP contribution < -0.4 is 5.73 Å². The maximum Gasteiger partial charge on any atom is 0.270 e. The van der Waals surface area contributed by atoms with Gasteiger partial charge in [0.1, 0.15) is 0 Å². The number of hydrogen-bond donors (Lipinski definition) is 1. The molecule has 25 heavy (non-hydrogen) atoms. The third kappa shape index (κ3) is 2.97. The molecule has 0 saturated carbocycles. The molecule has 4 aromatic rings. The maximum atomic E-state index is 5.96. The lowest BCUT2D eigenvalue weighted by molar-refractivity contribution is 0.582. The van der Waals surface area contributed by atoms with Crippen molar-refractivity contribution in [1.29, 1.82) is 0 Å². The fourth-order valence-electron chi connectivity index (χ4n) is 2.39. The summed E-state index contributed by atoms with van der Waals surface area (Å²) in [7, 11) is 0. The van der Waals surface area contributed by atoms with E-state index >= 15 is 0 Å². The Hall–Kier alpha value is -3.54. The van der Waals surface area contributed by atoms with Crippen molar-refractivity contribution in [2.24, 2.45) is 0 Å². The summed E-state index contributed by atoms with van der Waals surface area (Å²) in [5, 5.41) is 8.13. The van der Waals surface area contributed by atoms with E-state index in [9.17, 15) is 0 Å². The Morgan fingerprint density at radius 3 is 2.32 bits per heavy atom. The van der Waals surface area contributed by atoms with Crippen molar-refractivity contribution in [2.75, 3.05) is 5.73 Å². The van der Waals surface area contributed by atoms with Crippen LogP contribution in [0.3, 0.4) is 0 Å². The molecule has 2 aromatic carbocycles. The van der Waals surface area contributed by atoms with Gasteiger partial charge >= 0.3 is 0 Å². The Labute approximate surface area is 144 Å². The molecule has 2 heterocycles. The van der Waals surface area contributed by atoms with E-state index in [0.29, 0.717) is 17.3 Å². The van der Waals surface area contributed by atoms with Crippen molar-refractivity contribution >= 4 is 5.82 Å². The summed E-state index contributed by atoms with van der Waals surface area (Å²) < 4.78 is 5.73. The molecule has 0 bridgehead atoms. The lowest BCUT2D eigenvalue weighted by atomic mass is 10.1. The van der Waals surface area contributed by atoms with Crippen LogP contribution in [0.15, 0.2) is 65.2 Å². The lowest BCUT2D eigenvalue weighted by Crippen LogP contribution is -1.99. The minimum absolute atomic E-state index is 0.236. The summed E-state index contributed by atoms with van der Waals surface area (Å²) in [6.07, 6.45) is 1.62. The molecule has 6 nitrogen and oxygen atoms in total. The molecule has 0 fully saturated rings. The van der Waals surface area contributed by atoms with Crippen LogP contribution in [0, 0.1) is 6.92 Å². The first-order valence-electron chi connectivity index (χ1n) is 7.65. The maximum absolute atomic E-state index is 5.96. The van der Waals surface area contributed by atoms with Crippen LogP contribution in [-0.4, -0.2) is 20.2 Å². The van der Waals surface area contributed by atoms with Crippen molar-refractivity contribution in [3.63, 3.8) is 0 Å². The minimum Gasteiger partial charge on any atom is -0.414 e. The van der Waals surface area contributed by atoms with Crippen molar-refractivity contribution < 1.29 is 4.42 Å². The van der Waals surface area contributed by atoms with Crippen LogP contribution in [0.5, 0.6) is 0 Å². The molecule has 0 aliphatic carbocycles. The molecule has 2 aromatic heterocycles. The molecular weight excluding hydrogens is 314 g/mol. The van der Waals surface area contributed by atoms with Gasteiger partial charge in [0.05, 0.1) is 11.9 Å². The van der Waals surface area contributed by atoms with E-state index < -0.39 is 0 Å². The van der Waals surface area contributed by atoms with Gasteiger partial charge < -0.3 is 10.2 Å². The summed E-state index contributed by atoms with van der Waals surface area (Å²) in [6, 6.07) is 17.2. The molecule has 0 saturated heterocycles. The Kier molecular flexibility index (Phi) is 3.70. The highest BCUT2D eigenvalue weighted by Gasteiger charge is 2.16. The molecule has 1 radical (unpaired) electrons. The normalized spacial score (nSPS) is 10.8. The Morgan fingerprint density at radius 1 is 0.840 bits per heavy atom. The molecular formula is C19H14N5O. The molecule has 0 aliphatic heterocycles. The Balaban J connectivity index is 1.74. The standard InChI is InChI=1S/C19H14N5O/c1-12-7-9-13(10-8-12)15-11-21-17(20)16(22-15)19-24-23-18(25-19)14-5-3-2-4-6-14/h2-11H,1H2,(H2,20,21). The van der Waals surface area contributed by atoms with Crippen molar-refractivity contribution in [2.45, 2.75) is 0 Å². The Morgan fingerprint density at radius 2 is 1.56 bits per heavy atom. The van der Waals surface area contributed by atoms with Gasteiger partial charge in [-0.1, -0.05) is 42.5 Å². The predicted molar refractivity (Wildman–Crippen MR) is 95.1 cm³/mol. The van der Waals surface area contributed by atoms with Crippen LogP contribution in [0.4, 0.5) is 5.82 Å². The highest BCUT2D eigenvalue weighted by Crippen LogP contribution is 2.27. The molecule has 121 valence electrons. The highest BCUT2D eigenvalue weighted by atomic mass is 16.4. The molecule has 0 atom stereocenters. The summed E-state index contributed by atoms with van der Waals surface area (Å²) in [4.78, 5) is 8.75. The molecule has 0 unspecified atom stereocenters. The quantitative estimate of drug-likeness (QED) is 0.617. The molecule has 0 spiro atoms. The third-order valence-corrected chi connectivity index (χ3v) is 3.70. The van der Waals surface area contributed by atoms with Gasteiger partial charge in [-0.15, -0.1) is 10.2 Å². The summed E-state index contributed by atoms with van der Waals surface area (Å²) in [5.41, 5.74) is 9.66. The number of anilines is 1. The second kappa shape index (κ2) is 6.16. The van der Waals surface area contributed by atoms with Gasteiger partial charge in [0.25, 0.3) is 5.89 Å². The van der Waals surface area contributed by atoms with Gasteiger partial charge in [-0.3, -0.25) is 0 Å². The lowest BCUT2D eigenvalue weighted by Gasteiger charge is -2.04. The third-order valence-electron chi connectivity index (χ3n) is 3.70. The zero-order chi connectivity index (χ0) is 17.2. The zero-order valence-electron chi connectivity index (χ0n) is 13.3. The fraction of sp³-hybridized carbons (Fsp3) is 0. The summed E-state index contributed by atoms with van der Waals surface area (Å²) in [5.74, 6) is 0.879. The van der Waals surface area contributed by atoms with Gasteiger partial charge in [-0.2, -0.15) is 0 Å². The number of rotatable bonds is 3. The summed E-state index contributed by atoms with van der Waals surface area (Å²) >= 11 is 0. The van der Waals surface area contributed by atoms with E-state index in [1.807, 2.05) is 54.6 Å². The minimum atomic E-state index is 0.236. The fourth-order valence-corrected chi connectivity index (χ4v) is 2.39. The largest absolute Gasteiger partial charge is 0.414 e. The van der Waals surface area contributed by atoms with Crippen molar-refractivity contribution in [1.82, 2.24) is 20.2 Å². The monoisotopic (exact) mass is 328 g/mol. The van der Waals surface area contributed by atoms with Crippen LogP contribution >= 0.6 is 0 Å². The molecule has 0 amide bonds. The van der Waals surface area contributed by atoms with Gasteiger partial charge in [0, 0.05) is 11.1 Å². The highest BCUT2D eigenvalue weighted by molar-refractivity contribution is 5.68. The first-order valence-corrected chi connectivity index (χ1v) is 7.65. The average molecular weight is 328 g/mol. The number of nitrogen functional groups attached to an aromatic ring is 1. The van der Waals surface area contributed by atoms with Gasteiger partial charge in [-0.25, -0.2) is 9.97 Å². The van der Waals surface area contributed by atoms with Crippen LogP contribution in [0.25, 0.3) is 34.3 Å². The van der Waals surface area contributed by atoms with Gasteiger partial charge in [0.15, 0.2) is 11.5 Å². The predicted octanol–water partition coefficient (Wildman–Crippen LogP) is 3.62. The molecule has 6 heteroatoms. The van der Waals surface area contributed by atoms with E-state index in [4.69, 9.17) is 10.2 Å². The number of aromatic nitrogens is 4. The van der Waals surface area contributed by atoms with E-state index in [0.717, 1.165) is 16.7 Å². The second-order valence-electron chi connectivity index (χ2n) is 5.46. The number of nitrogens with zero attached hydrogens (tertiary/aromatic N) is 4. The smallest absolute Gasteiger partial charge is 0.270 e.